The normalized spacial score (nSPS) is 15.5. The molecule has 131 valence electrons. The molecule has 1 radical (unpaired) electrons. The number of benzene rings is 2. The first-order valence-electron chi connectivity index (χ1n) is 7.92. The number of carbonyl (C=O) groups excluding carboxylic acids is 1. The summed E-state index contributed by atoms with van der Waals surface area (Å²) in [5, 5.41) is 1.88. The highest BCUT2D eigenvalue weighted by molar-refractivity contribution is 6.44. The SMILES string of the molecule is [CH2]c1ccc(Cl)c(Cl)c1N1CCC(C(=O)c2ccc(Cl)c(Cl)c2)CC1. The van der Waals surface area contributed by atoms with Crippen LogP contribution >= 0.6 is 46.4 Å². The van der Waals surface area contributed by atoms with E-state index in [-0.39, 0.29) is 11.7 Å². The highest BCUT2D eigenvalue weighted by Gasteiger charge is 2.28. The van der Waals surface area contributed by atoms with Crippen LogP contribution in [0.2, 0.25) is 20.1 Å². The number of hydrogen-bond donors (Lipinski definition) is 0. The monoisotopic (exact) mass is 414 g/mol. The number of piperidine rings is 1. The number of nitrogens with zero attached hydrogens (tertiary/aromatic N) is 1. The second kappa shape index (κ2) is 7.75. The Bertz CT molecular complexity index is 813. The molecule has 0 unspecified atom stereocenters. The van der Waals surface area contributed by atoms with Crippen LogP contribution in [0.5, 0.6) is 0 Å². The molecular formula is C19H16Cl4NO. The number of halogens is 4. The van der Waals surface area contributed by atoms with Crippen molar-refractivity contribution in [2.45, 2.75) is 12.8 Å². The lowest BCUT2D eigenvalue weighted by Gasteiger charge is -2.34. The zero-order valence-corrected chi connectivity index (χ0v) is 16.4. The summed E-state index contributed by atoms with van der Waals surface area (Å²) in [6, 6.07) is 8.63. The van der Waals surface area contributed by atoms with Gasteiger partial charge in [-0.15, -0.1) is 0 Å². The molecule has 1 fully saturated rings. The molecule has 1 aliphatic rings. The van der Waals surface area contributed by atoms with E-state index in [1.807, 2.05) is 6.07 Å². The minimum absolute atomic E-state index is 0.0419. The van der Waals surface area contributed by atoms with Crippen molar-refractivity contribution in [3.05, 3.63) is 68.5 Å². The molecule has 0 aromatic heterocycles. The van der Waals surface area contributed by atoms with Crippen molar-refractivity contribution in [1.82, 2.24) is 0 Å². The molecular weight excluding hydrogens is 400 g/mol. The van der Waals surface area contributed by atoms with Crippen molar-refractivity contribution < 1.29 is 4.79 Å². The van der Waals surface area contributed by atoms with Gasteiger partial charge in [-0.25, -0.2) is 0 Å². The molecule has 0 amide bonds. The highest BCUT2D eigenvalue weighted by Crippen LogP contribution is 2.38. The molecule has 3 rings (SSSR count). The van der Waals surface area contributed by atoms with Crippen molar-refractivity contribution in [3.63, 3.8) is 0 Å². The summed E-state index contributed by atoms with van der Waals surface area (Å²) in [6.45, 7) is 5.48. The molecule has 1 aliphatic heterocycles. The van der Waals surface area contributed by atoms with E-state index < -0.39 is 0 Å². The first-order chi connectivity index (χ1) is 11.9. The molecule has 0 atom stereocenters. The van der Waals surface area contributed by atoms with Gasteiger partial charge in [-0.1, -0.05) is 52.5 Å². The smallest absolute Gasteiger partial charge is 0.166 e. The predicted octanol–water partition coefficient (Wildman–Crippen LogP) is 6.58. The lowest BCUT2D eigenvalue weighted by Crippen LogP contribution is -2.37. The van der Waals surface area contributed by atoms with E-state index in [1.54, 1.807) is 24.3 Å². The zero-order valence-electron chi connectivity index (χ0n) is 13.4. The van der Waals surface area contributed by atoms with Crippen LogP contribution in [0.3, 0.4) is 0 Å². The molecule has 0 N–H and O–H groups in total. The van der Waals surface area contributed by atoms with Crippen LogP contribution in [0, 0.1) is 12.8 Å². The van der Waals surface area contributed by atoms with Crippen LogP contribution in [-0.2, 0) is 0 Å². The molecule has 1 heterocycles. The third-order valence-electron chi connectivity index (χ3n) is 4.54. The van der Waals surface area contributed by atoms with Crippen molar-refractivity contribution in [3.8, 4) is 0 Å². The Hall–Kier alpha value is -0.930. The first kappa shape index (κ1) is 18.8. The quantitative estimate of drug-likeness (QED) is 0.527. The van der Waals surface area contributed by atoms with Gasteiger partial charge in [0.1, 0.15) is 0 Å². The fraction of sp³-hybridized carbons (Fsp3) is 0.263. The van der Waals surface area contributed by atoms with E-state index >= 15 is 0 Å². The summed E-state index contributed by atoms with van der Waals surface area (Å²) in [4.78, 5) is 14.9. The maximum absolute atomic E-state index is 12.7. The number of rotatable bonds is 3. The molecule has 2 aromatic rings. The third kappa shape index (κ3) is 3.93. The lowest BCUT2D eigenvalue weighted by atomic mass is 9.88. The number of hydrogen-bond acceptors (Lipinski definition) is 2. The molecule has 6 heteroatoms. The molecule has 2 aromatic carbocycles. The second-order valence-electron chi connectivity index (χ2n) is 6.12. The Balaban J connectivity index is 1.73. The predicted molar refractivity (Wildman–Crippen MR) is 107 cm³/mol. The first-order valence-corrected chi connectivity index (χ1v) is 9.44. The van der Waals surface area contributed by atoms with Gasteiger partial charge in [0.2, 0.25) is 0 Å². The Morgan fingerprint density at radius 3 is 2.24 bits per heavy atom. The molecule has 1 saturated heterocycles. The molecule has 0 saturated carbocycles. The fourth-order valence-corrected chi connectivity index (χ4v) is 3.93. The lowest BCUT2D eigenvalue weighted by molar-refractivity contribution is 0.0900. The van der Waals surface area contributed by atoms with E-state index in [2.05, 4.69) is 11.8 Å². The van der Waals surface area contributed by atoms with Gasteiger partial charge in [-0.2, -0.15) is 0 Å². The average Bonchev–Trinajstić information content (AvgIpc) is 2.61. The summed E-state index contributed by atoms with van der Waals surface area (Å²) < 4.78 is 0. The Morgan fingerprint density at radius 2 is 1.60 bits per heavy atom. The number of carbonyl (C=O) groups is 1. The number of ketones is 1. The summed E-state index contributed by atoms with van der Waals surface area (Å²) >= 11 is 24.4. The molecule has 0 aliphatic carbocycles. The van der Waals surface area contributed by atoms with Crippen molar-refractivity contribution in [2.24, 2.45) is 5.92 Å². The second-order valence-corrected chi connectivity index (χ2v) is 7.72. The van der Waals surface area contributed by atoms with Gasteiger partial charge in [0.15, 0.2) is 5.78 Å². The van der Waals surface area contributed by atoms with Crippen molar-refractivity contribution >= 4 is 57.9 Å². The maximum Gasteiger partial charge on any atom is 0.166 e. The third-order valence-corrected chi connectivity index (χ3v) is 6.07. The molecule has 0 bridgehead atoms. The highest BCUT2D eigenvalue weighted by atomic mass is 35.5. The van der Waals surface area contributed by atoms with Gasteiger partial charge in [-0.3, -0.25) is 4.79 Å². The number of Topliss-reactive ketones (excluding diaryl/α,β-unsaturated/α-hetero) is 1. The topological polar surface area (TPSA) is 20.3 Å². The summed E-state index contributed by atoms with van der Waals surface area (Å²) in [6.07, 6.45) is 1.47. The van der Waals surface area contributed by atoms with E-state index in [0.29, 0.717) is 25.7 Å². The summed E-state index contributed by atoms with van der Waals surface area (Å²) in [5.41, 5.74) is 2.30. The minimum atomic E-state index is -0.0419. The van der Waals surface area contributed by atoms with Gasteiger partial charge in [0.05, 0.1) is 25.8 Å². The van der Waals surface area contributed by atoms with E-state index in [1.165, 1.54) is 0 Å². The van der Waals surface area contributed by atoms with Crippen LogP contribution in [0.15, 0.2) is 30.3 Å². The van der Waals surface area contributed by atoms with E-state index in [0.717, 1.165) is 37.2 Å². The van der Waals surface area contributed by atoms with Gasteiger partial charge in [-0.05, 0) is 49.6 Å². The molecule has 25 heavy (non-hydrogen) atoms. The fourth-order valence-electron chi connectivity index (χ4n) is 3.17. The molecule has 2 nitrogen and oxygen atoms in total. The Morgan fingerprint density at radius 1 is 0.960 bits per heavy atom. The van der Waals surface area contributed by atoms with Crippen molar-refractivity contribution in [2.75, 3.05) is 18.0 Å². The van der Waals surface area contributed by atoms with E-state index in [4.69, 9.17) is 46.4 Å². The van der Waals surface area contributed by atoms with Gasteiger partial charge in [0, 0.05) is 24.6 Å². The van der Waals surface area contributed by atoms with Crippen LogP contribution in [0.4, 0.5) is 5.69 Å². The van der Waals surface area contributed by atoms with Crippen LogP contribution in [0.1, 0.15) is 28.8 Å². The zero-order chi connectivity index (χ0) is 18.1. The summed E-state index contributed by atoms with van der Waals surface area (Å²) in [5.74, 6) is 0.0602. The summed E-state index contributed by atoms with van der Waals surface area (Å²) in [7, 11) is 0. The Kier molecular flexibility index (Phi) is 5.85. The largest absolute Gasteiger partial charge is 0.370 e. The number of anilines is 1. The van der Waals surface area contributed by atoms with Gasteiger partial charge >= 0.3 is 0 Å². The van der Waals surface area contributed by atoms with E-state index in [9.17, 15) is 4.79 Å². The van der Waals surface area contributed by atoms with Crippen LogP contribution < -0.4 is 4.90 Å². The average molecular weight is 416 g/mol. The minimum Gasteiger partial charge on any atom is -0.370 e. The maximum atomic E-state index is 12.7. The van der Waals surface area contributed by atoms with Gasteiger partial charge in [0.25, 0.3) is 0 Å². The standard InChI is InChI=1S/C19H16Cl4NO/c1-11-2-4-15(21)17(23)18(11)24-8-6-12(7-9-24)19(25)13-3-5-14(20)16(22)10-13/h2-5,10,12H,1,6-9H2. The van der Waals surface area contributed by atoms with Crippen molar-refractivity contribution in [1.29, 1.82) is 0 Å². The Labute approximate surface area is 167 Å². The van der Waals surface area contributed by atoms with Crippen LogP contribution in [-0.4, -0.2) is 18.9 Å². The molecule has 0 spiro atoms. The van der Waals surface area contributed by atoms with Gasteiger partial charge < -0.3 is 4.90 Å². The van der Waals surface area contributed by atoms with Crippen LogP contribution in [0.25, 0.3) is 0 Å².